The van der Waals surface area contributed by atoms with Crippen LogP contribution in [0.1, 0.15) is 20.0 Å². The van der Waals surface area contributed by atoms with Gasteiger partial charge in [0.2, 0.25) is 5.91 Å². The topological polar surface area (TPSA) is 72.2 Å². The third kappa shape index (κ3) is 3.34. The number of amides is 2. The molecule has 1 aromatic heterocycles. The van der Waals surface area contributed by atoms with Crippen LogP contribution in [0.5, 0.6) is 0 Å². The molecule has 0 saturated heterocycles. The average Bonchev–Trinajstić information content (AvgIpc) is 2.78. The van der Waals surface area contributed by atoms with Crippen LogP contribution >= 0.6 is 38.9 Å². The molecule has 4 nitrogen and oxygen atoms in total. The summed E-state index contributed by atoms with van der Waals surface area (Å²) in [6, 6.07) is 8.06. The molecule has 0 aliphatic carbocycles. The monoisotopic (exact) mass is 358 g/mol. The number of thiophene rings is 1. The number of hydrogen-bond acceptors (Lipinski definition) is 3. The minimum absolute atomic E-state index is 0.173. The van der Waals surface area contributed by atoms with Gasteiger partial charge in [-0.2, -0.15) is 0 Å². The summed E-state index contributed by atoms with van der Waals surface area (Å²) in [4.78, 5) is 23.6. The van der Waals surface area contributed by atoms with E-state index in [-0.39, 0.29) is 16.5 Å². The van der Waals surface area contributed by atoms with Crippen molar-refractivity contribution in [1.82, 2.24) is 0 Å². The van der Waals surface area contributed by atoms with Crippen molar-refractivity contribution in [2.24, 2.45) is 5.73 Å². The van der Waals surface area contributed by atoms with Crippen LogP contribution in [0, 0.1) is 0 Å². The van der Waals surface area contributed by atoms with Crippen molar-refractivity contribution < 1.29 is 9.59 Å². The highest BCUT2D eigenvalue weighted by molar-refractivity contribution is 9.11. The lowest BCUT2D eigenvalue weighted by molar-refractivity contribution is 0.0996. The van der Waals surface area contributed by atoms with E-state index >= 15 is 0 Å². The van der Waals surface area contributed by atoms with Gasteiger partial charge >= 0.3 is 0 Å². The van der Waals surface area contributed by atoms with E-state index in [0.29, 0.717) is 10.6 Å². The second-order valence-corrected chi connectivity index (χ2v) is 6.49. The smallest absolute Gasteiger partial charge is 0.265 e. The molecule has 1 aromatic carbocycles. The Balaban J connectivity index is 2.22. The van der Waals surface area contributed by atoms with E-state index < -0.39 is 5.91 Å². The fourth-order valence-corrected chi connectivity index (χ4v) is 2.91. The normalized spacial score (nSPS) is 10.2. The van der Waals surface area contributed by atoms with Gasteiger partial charge in [-0.25, -0.2) is 0 Å². The number of nitrogens with one attached hydrogen (secondary N) is 1. The summed E-state index contributed by atoms with van der Waals surface area (Å²) in [5.41, 5.74) is 5.83. The predicted molar refractivity (Wildman–Crippen MR) is 79.9 cm³/mol. The van der Waals surface area contributed by atoms with E-state index in [1.807, 2.05) is 0 Å². The molecule has 7 heteroatoms. The van der Waals surface area contributed by atoms with Gasteiger partial charge in [0.05, 0.1) is 19.2 Å². The molecule has 1 heterocycles. The average molecular weight is 360 g/mol. The van der Waals surface area contributed by atoms with Gasteiger partial charge in [0.15, 0.2) is 0 Å². The second-order valence-electron chi connectivity index (χ2n) is 3.62. The van der Waals surface area contributed by atoms with E-state index in [4.69, 9.17) is 17.3 Å². The maximum Gasteiger partial charge on any atom is 0.265 e. The van der Waals surface area contributed by atoms with Crippen molar-refractivity contribution >= 4 is 56.4 Å². The van der Waals surface area contributed by atoms with Crippen molar-refractivity contribution in [3.8, 4) is 0 Å². The molecule has 2 aromatic rings. The summed E-state index contributed by atoms with van der Waals surface area (Å²) in [6.07, 6.45) is 0. The zero-order valence-electron chi connectivity index (χ0n) is 9.44. The Kier molecular flexibility index (Phi) is 4.24. The van der Waals surface area contributed by atoms with Gasteiger partial charge in [-0.1, -0.05) is 11.6 Å². The maximum absolute atomic E-state index is 11.9. The van der Waals surface area contributed by atoms with E-state index in [2.05, 4.69) is 21.2 Å². The molecule has 0 radical (unpaired) electrons. The standard InChI is InChI=1S/C12H8BrClN2O2S/c13-10-4-3-9(19-10)12(18)16-6-1-2-8(14)7(5-6)11(15)17/h1-5H,(H2,15,17)(H,16,18). The highest BCUT2D eigenvalue weighted by Crippen LogP contribution is 2.24. The molecule has 0 aliphatic rings. The lowest BCUT2D eigenvalue weighted by Crippen LogP contribution is -2.14. The maximum atomic E-state index is 11.9. The third-order valence-corrected chi connectivity index (χ3v) is 4.24. The highest BCUT2D eigenvalue weighted by atomic mass is 79.9. The van der Waals surface area contributed by atoms with Crippen LogP contribution in [0.15, 0.2) is 34.1 Å². The van der Waals surface area contributed by atoms with E-state index in [9.17, 15) is 9.59 Å². The molecule has 0 atom stereocenters. The second kappa shape index (κ2) is 5.73. The van der Waals surface area contributed by atoms with Crippen molar-refractivity contribution in [3.63, 3.8) is 0 Å². The van der Waals surface area contributed by atoms with Gasteiger partial charge < -0.3 is 11.1 Å². The van der Waals surface area contributed by atoms with Crippen LogP contribution in [0.25, 0.3) is 0 Å². The molecule has 98 valence electrons. The molecule has 2 rings (SSSR count). The van der Waals surface area contributed by atoms with Crippen molar-refractivity contribution in [3.05, 3.63) is 49.6 Å². The Morgan fingerprint density at radius 1 is 1.26 bits per heavy atom. The molecule has 0 bridgehead atoms. The van der Waals surface area contributed by atoms with Crippen LogP contribution in [0.4, 0.5) is 5.69 Å². The summed E-state index contributed by atoms with van der Waals surface area (Å²) in [5.74, 6) is -0.895. The highest BCUT2D eigenvalue weighted by Gasteiger charge is 2.11. The minimum Gasteiger partial charge on any atom is -0.366 e. The van der Waals surface area contributed by atoms with Crippen molar-refractivity contribution in [2.45, 2.75) is 0 Å². The van der Waals surface area contributed by atoms with Crippen LogP contribution in [0.2, 0.25) is 5.02 Å². The fraction of sp³-hybridized carbons (Fsp3) is 0. The first-order chi connectivity index (χ1) is 8.97. The SMILES string of the molecule is NC(=O)c1cc(NC(=O)c2ccc(Br)s2)ccc1Cl. The Morgan fingerprint density at radius 3 is 2.58 bits per heavy atom. The van der Waals surface area contributed by atoms with Crippen LogP contribution < -0.4 is 11.1 Å². The molecular formula is C12H8BrClN2O2S. The lowest BCUT2D eigenvalue weighted by atomic mass is 10.2. The van der Waals surface area contributed by atoms with E-state index in [0.717, 1.165) is 3.79 Å². The number of halogens is 2. The summed E-state index contributed by atoms with van der Waals surface area (Å²) in [5, 5.41) is 2.93. The van der Waals surface area contributed by atoms with E-state index in [1.165, 1.54) is 23.5 Å². The number of carbonyl (C=O) groups is 2. The van der Waals surface area contributed by atoms with Gasteiger partial charge in [-0.3, -0.25) is 9.59 Å². The molecule has 0 aliphatic heterocycles. The molecule has 0 spiro atoms. The van der Waals surface area contributed by atoms with Crippen molar-refractivity contribution in [1.29, 1.82) is 0 Å². The van der Waals surface area contributed by atoms with Crippen LogP contribution in [-0.2, 0) is 0 Å². The number of rotatable bonds is 3. The Morgan fingerprint density at radius 2 is 2.00 bits per heavy atom. The summed E-state index contributed by atoms with van der Waals surface area (Å²) in [7, 11) is 0. The Bertz CT molecular complexity index is 657. The van der Waals surface area contributed by atoms with Gasteiger partial charge in [0.1, 0.15) is 0 Å². The number of nitrogens with two attached hydrogens (primary N) is 1. The summed E-state index contributed by atoms with van der Waals surface area (Å²) in [6.45, 7) is 0. The largest absolute Gasteiger partial charge is 0.366 e. The van der Waals surface area contributed by atoms with Gasteiger partial charge in [0.25, 0.3) is 5.91 Å². The first-order valence-corrected chi connectivity index (χ1v) is 7.12. The van der Waals surface area contributed by atoms with Crippen LogP contribution in [0.3, 0.4) is 0 Å². The third-order valence-electron chi connectivity index (χ3n) is 2.29. The summed E-state index contributed by atoms with van der Waals surface area (Å²) < 4.78 is 0.867. The van der Waals surface area contributed by atoms with Gasteiger partial charge in [0, 0.05) is 5.69 Å². The Hall–Kier alpha value is -1.37. The number of primary amides is 1. The molecule has 0 unspecified atom stereocenters. The first kappa shape index (κ1) is 14.0. The molecule has 0 fully saturated rings. The summed E-state index contributed by atoms with van der Waals surface area (Å²) >= 11 is 10.4. The number of hydrogen-bond donors (Lipinski definition) is 2. The number of anilines is 1. The fourth-order valence-electron chi connectivity index (χ4n) is 1.42. The first-order valence-electron chi connectivity index (χ1n) is 5.13. The molecule has 0 saturated carbocycles. The zero-order valence-corrected chi connectivity index (χ0v) is 12.6. The quantitative estimate of drug-likeness (QED) is 0.880. The predicted octanol–water partition coefficient (Wildman–Crippen LogP) is 3.52. The van der Waals surface area contributed by atoms with Gasteiger partial charge in [-0.05, 0) is 46.3 Å². The number of carbonyl (C=O) groups excluding carboxylic acids is 2. The van der Waals surface area contributed by atoms with E-state index in [1.54, 1.807) is 18.2 Å². The van der Waals surface area contributed by atoms with Gasteiger partial charge in [-0.15, -0.1) is 11.3 Å². The molecular weight excluding hydrogens is 352 g/mol. The lowest BCUT2D eigenvalue weighted by Gasteiger charge is -2.06. The minimum atomic E-state index is -0.639. The zero-order chi connectivity index (χ0) is 14.0. The van der Waals surface area contributed by atoms with Crippen LogP contribution in [-0.4, -0.2) is 11.8 Å². The number of benzene rings is 1. The Labute approximate surface area is 126 Å². The molecule has 3 N–H and O–H groups in total. The molecule has 2 amide bonds. The van der Waals surface area contributed by atoms with Crippen molar-refractivity contribution in [2.75, 3.05) is 5.32 Å². The molecule has 19 heavy (non-hydrogen) atoms.